The zero-order valence-electron chi connectivity index (χ0n) is 11.0. The molecule has 0 saturated carbocycles. The van der Waals surface area contributed by atoms with Gasteiger partial charge in [-0.25, -0.2) is 12.7 Å². The van der Waals surface area contributed by atoms with Crippen molar-refractivity contribution in [3.8, 4) is 0 Å². The molecule has 0 heterocycles. The first kappa shape index (κ1) is 16.7. The maximum Gasteiger partial charge on any atom is 0.218 e. The summed E-state index contributed by atoms with van der Waals surface area (Å²) < 4.78 is 25.4. The van der Waals surface area contributed by atoms with Crippen molar-refractivity contribution in [3.05, 3.63) is 33.8 Å². The highest BCUT2D eigenvalue weighted by molar-refractivity contribution is 7.88. The average molecular weight is 326 g/mol. The fourth-order valence-electron chi connectivity index (χ4n) is 1.59. The number of aliphatic hydroxyl groups is 1. The van der Waals surface area contributed by atoms with Gasteiger partial charge in [-0.2, -0.15) is 0 Å². The van der Waals surface area contributed by atoms with E-state index in [9.17, 15) is 13.5 Å². The second kappa shape index (κ2) is 5.97. The normalized spacial score (nSPS) is 13.0. The number of likely N-dealkylation sites (N-methyl/N-ethyl adjacent to an activating group) is 1. The van der Waals surface area contributed by atoms with Crippen molar-refractivity contribution in [1.29, 1.82) is 0 Å². The molecule has 0 unspecified atom stereocenters. The Kier molecular flexibility index (Phi) is 5.26. The van der Waals surface area contributed by atoms with E-state index in [0.717, 1.165) is 4.31 Å². The van der Waals surface area contributed by atoms with Crippen LogP contribution in [0.25, 0.3) is 0 Å². The van der Waals surface area contributed by atoms with Crippen LogP contribution in [0.1, 0.15) is 19.4 Å². The van der Waals surface area contributed by atoms with Gasteiger partial charge in [0, 0.05) is 23.6 Å². The van der Waals surface area contributed by atoms with E-state index in [-0.39, 0.29) is 12.3 Å². The molecule has 108 valence electrons. The van der Waals surface area contributed by atoms with E-state index in [0.29, 0.717) is 15.6 Å². The summed E-state index contributed by atoms with van der Waals surface area (Å²) in [6.45, 7) is 3.11. The Bertz CT molecular complexity index is 553. The third-order valence-corrected chi connectivity index (χ3v) is 4.78. The SMILES string of the molecule is CN(CC(C)(C)O)S(=O)(=O)Cc1ccc(Cl)cc1Cl. The van der Waals surface area contributed by atoms with Gasteiger partial charge in [-0.05, 0) is 31.5 Å². The monoisotopic (exact) mass is 325 g/mol. The molecule has 0 bridgehead atoms. The van der Waals surface area contributed by atoms with Crippen LogP contribution in [-0.2, 0) is 15.8 Å². The number of halogens is 2. The molecule has 0 aromatic heterocycles. The number of hydrogen-bond donors (Lipinski definition) is 1. The zero-order valence-corrected chi connectivity index (χ0v) is 13.3. The summed E-state index contributed by atoms with van der Waals surface area (Å²) >= 11 is 11.7. The van der Waals surface area contributed by atoms with Crippen LogP contribution in [0.2, 0.25) is 10.0 Å². The van der Waals surface area contributed by atoms with Crippen molar-refractivity contribution in [2.75, 3.05) is 13.6 Å². The van der Waals surface area contributed by atoms with E-state index in [1.54, 1.807) is 26.0 Å². The van der Waals surface area contributed by atoms with E-state index in [1.165, 1.54) is 13.1 Å². The summed E-state index contributed by atoms with van der Waals surface area (Å²) in [5, 5.41) is 10.4. The maximum atomic E-state index is 12.1. The summed E-state index contributed by atoms with van der Waals surface area (Å²) in [7, 11) is -2.11. The molecule has 0 radical (unpaired) electrons. The maximum absolute atomic E-state index is 12.1. The molecule has 1 aromatic carbocycles. The molecule has 0 aliphatic heterocycles. The molecule has 0 spiro atoms. The van der Waals surface area contributed by atoms with Crippen LogP contribution in [0.5, 0.6) is 0 Å². The van der Waals surface area contributed by atoms with Gasteiger partial charge in [0.25, 0.3) is 0 Å². The van der Waals surface area contributed by atoms with Gasteiger partial charge < -0.3 is 5.11 Å². The molecule has 1 aromatic rings. The van der Waals surface area contributed by atoms with Gasteiger partial charge in [-0.3, -0.25) is 0 Å². The summed E-state index contributed by atoms with van der Waals surface area (Å²) in [5.74, 6) is -0.227. The Morgan fingerprint density at radius 3 is 2.37 bits per heavy atom. The Labute approximate surface area is 124 Å². The minimum Gasteiger partial charge on any atom is -0.389 e. The van der Waals surface area contributed by atoms with E-state index < -0.39 is 15.6 Å². The lowest BCUT2D eigenvalue weighted by Crippen LogP contribution is -2.40. The fraction of sp³-hybridized carbons (Fsp3) is 0.500. The van der Waals surface area contributed by atoms with Crippen LogP contribution in [0.4, 0.5) is 0 Å². The molecule has 4 nitrogen and oxygen atoms in total. The lowest BCUT2D eigenvalue weighted by molar-refractivity contribution is 0.0639. The summed E-state index contributed by atoms with van der Waals surface area (Å²) in [6.07, 6.45) is 0. The molecule has 1 N–H and O–H groups in total. The van der Waals surface area contributed by atoms with Gasteiger partial charge >= 0.3 is 0 Å². The number of sulfonamides is 1. The second-order valence-corrected chi connectivity index (χ2v) is 7.98. The lowest BCUT2D eigenvalue weighted by Gasteiger charge is -2.25. The van der Waals surface area contributed by atoms with Crippen molar-refractivity contribution < 1.29 is 13.5 Å². The summed E-state index contributed by atoms with van der Waals surface area (Å²) in [5.41, 5.74) is -0.611. The number of benzene rings is 1. The molecule has 0 atom stereocenters. The molecule has 0 aliphatic carbocycles. The molecule has 0 aliphatic rings. The van der Waals surface area contributed by atoms with Crippen LogP contribution in [-0.4, -0.2) is 37.0 Å². The van der Waals surface area contributed by atoms with E-state index in [4.69, 9.17) is 23.2 Å². The zero-order chi connectivity index (χ0) is 14.8. The standard InChI is InChI=1S/C12H17Cl2NO3S/c1-12(2,16)8-15(3)19(17,18)7-9-4-5-10(13)6-11(9)14/h4-6,16H,7-8H2,1-3H3. The minimum atomic E-state index is -3.54. The van der Waals surface area contributed by atoms with Crippen molar-refractivity contribution in [2.24, 2.45) is 0 Å². The first-order chi connectivity index (χ1) is 8.51. The smallest absolute Gasteiger partial charge is 0.218 e. The molecular formula is C12H17Cl2NO3S. The van der Waals surface area contributed by atoms with Crippen LogP contribution in [0.15, 0.2) is 18.2 Å². The molecule has 0 amide bonds. The Hall–Kier alpha value is -0.330. The van der Waals surface area contributed by atoms with Crippen molar-refractivity contribution in [1.82, 2.24) is 4.31 Å². The Morgan fingerprint density at radius 2 is 1.89 bits per heavy atom. The van der Waals surface area contributed by atoms with Crippen LogP contribution in [0, 0.1) is 0 Å². The van der Waals surface area contributed by atoms with Gasteiger partial charge in [0.05, 0.1) is 11.4 Å². The van der Waals surface area contributed by atoms with Crippen molar-refractivity contribution in [3.63, 3.8) is 0 Å². The lowest BCUT2D eigenvalue weighted by atomic mass is 10.1. The predicted octanol–water partition coefficient (Wildman–Crippen LogP) is 2.53. The first-order valence-electron chi connectivity index (χ1n) is 5.61. The largest absolute Gasteiger partial charge is 0.389 e. The van der Waals surface area contributed by atoms with Gasteiger partial charge in [-0.1, -0.05) is 29.3 Å². The molecule has 0 saturated heterocycles. The topological polar surface area (TPSA) is 57.6 Å². The van der Waals surface area contributed by atoms with Gasteiger partial charge in [0.2, 0.25) is 10.0 Å². The first-order valence-corrected chi connectivity index (χ1v) is 7.98. The highest BCUT2D eigenvalue weighted by Gasteiger charge is 2.25. The van der Waals surface area contributed by atoms with Crippen molar-refractivity contribution in [2.45, 2.75) is 25.2 Å². The molecule has 19 heavy (non-hydrogen) atoms. The van der Waals surface area contributed by atoms with Gasteiger partial charge in [0.15, 0.2) is 0 Å². The predicted molar refractivity (Wildman–Crippen MR) is 78.0 cm³/mol. The number of hydrogen-bond acceptors (Lipinski definition) is 3. The third-order valence-electron chi connectivity index (χ3n) is 2.44. The minimum absolute atomic E-state index is 0.0144. The van der Waals surface area contributed by atoms with Gasteiger partial charge in [-0.15, -0.1) is 0 Å². The Balaban J connectivity index is 2.90. The molecule has 0 fully saturated rings. The number of nitrogens with zero attached hydrogens (tertiary/aromatic N) is 1. The second-order valence-electron chi connectivity index (χ2n) is 5.06. The van der Waals surface area contributed by atoms with E-state index in [2.05, 4.69) is 0 Å². The quantitative estimate of drug-likeness (QED) is 0.905. The van der Waals surface area contributed by atoms with Crippen molar-refractivity contribution >= 4 is 33.2 Å². The highest BCUT2D eigenvalue weighted by Crippen LogP contribution is 2.23. The molecular weight excluding hydrogens is 309 g/mol. The van der Waals surface area contributed by atoms with Gasteiger partial charge in [0.1, 0.15) is 0 Å². The van der Waals surface area contributed by atoms with E-state index in [1.807, 2.05) is 0 Å². The Morgan fingerprint density at radius 1 is 1.32 bits per heavy atom. The van der Waals surface area contributed by atoms with E-state index >= 15 is 0 Å². The number of rotatable bonds is 5. The third kappa shape index (κ3) is 5.28. The highest BCUT2D eigenvalue weighted by atomic mass is 35.5. The fourth-order valence-corrected chi connectivity index (χ4v) is 3.52. The molecule has 1 rings (SSSR count). The average Bonchev–Trinajstić information content (AvgIpc) is 2.19. The van der Waals surface area contributed by atoms with Crippen LogP contribution in [0.3, 0.4) is 0 Å². The van der Waals surface area contributed by atoms with Crippen LogP contribution >= 0.6 is 23.2 Å². The van der Waals surface area contributed by atoms with Crippen LogP contribution < -0.4 is 0 Å². The molecule has 7 heteroatoms. The summed E-state index contributed by atoms with van der Waals surface area (Å²) in [4.78, 5) is 0. The summed E-state index contributed by atoms with van der Waals surface area (Å²) in [6, 6.07) is 4.68.